The maximum Gasteiger partial charge on any atom is 0.408 e. The van der Waals surface area contributed by atoms with Crippen LogP contribution in [-0.2, 0) is 16.0 Å². The van der Waals surface area contributed by atoms with Gasteiger partial charge in [0.15, 0.2) is 0 Å². The molecule has 0 bridgehead atoms. The molecule has 2 atom stereocenters. The van der Waals surface area contributed by atoms with Crippen LogP contribution in [0.4, 0.5) is 4.79 Å². The van der Waals surface area contributed by atoms with Crippen LogP contribution in [0.15, 0.2) is 24.3 Å². The summed E-state index contributed by atoms with van der Waals surface area (Å²) in [4.78, 5) is 25.0. The van der Waals surface area contributed by atoms with Gasteiger partial charge in [0.05, 0.1) is 17.7 Å². The highest BCUT2D eigenvalue weighted by atomic mass is 16.6. The van der Waals surface area contributed by atoms with Gasteiger partial charge in [-0.1, -0.05) is 44.2 Å². The molecule has 1 fully saturated rings. The van der Waals surface area contributed by atoms with Crippen LogP contribution >= 0.6 is 0 Å². The van der Waals surface area contributed by atoms with Crippen molar-refractivity contribution in [2.75, 3.05) is 0 Å². The second kappa shape index (κ2) is 11.3. The van der Waals surface area contributed by atoms with Crippen LogP contribution < -0.4 is 5.32 Å². The first kappa shape index (κ1) is 25.7. The molecular formula is C25H36N2O5. The van der Waals surface area contributed by atoms with Gasteiger partial charge in [-0.2, -0.15) is 5.26 Å². The van der Waals surface area contributed by atoms with Crippen molar-refractivity contribution in [3.05, 3.63) is 35.4 Å². The van der Waals surface area contributed by atoms with Crippen LogP contribution in [0, 0.1) is 17.2 Å². The third kappa shape index (κ3) is 8.16. The molecule has 32 heavy (non-hydrogen) atoms. The molecule has 1 aromatic rings. The molecule has 1 aliphatic rings. The Morgan fingerprint density at radius 1 is 1.19 bits per heavy atom. The zero-order chi connectivity index (χ0) is 23.8. The molecular weight excluding hydrogens is 408 g/mol. The number of nitriles is 1. The highest BCUT2D eigenvalue weighted by molar-refractivity contribution is 5.85. The molecule has 1 aromatic carbocycles. The largest absolute Gasteiger partial charge is 0.479 e. The molecule has 0 aliphatic heterocycles. The lowest BCUT2D eigenvalue weighted by atomic mass is 9.81. The number of aliphatic carboxylic acids is 1. The maximum atomic E-state index is 12.5. The van der Waals surface area contributed by atoms with Crippen LogP contribution in [0.2, 0.25) is 0 Å². The Bertz CT molecular complexity index is 803. The Morgan fingerprint density at radius 2 is 1.81 bits per heavy atom. The first-order valence-corrected chi connectivity index (χ1v) is 11.4. The molecule has 7 heteroatoms. The first-order chi connectivity index (χ1) is 15.0. The summed E-state index contributed by atoms with van der Waals surface area (Å²) in [6, 6.07) is 8.58. The number of nitrogens with zero attached hydrogens (tertiary/aromatic N) is 1. The molecule has 0 radical (unpaired) electrons. The lowest BCUT2D eigenvalue weighted by Crippen LogP contribution is -2.58. The van der Waals surface area contributed by atoms with E-state index in [1.165, 1.54) is 19.3 Å². The molecule has 1 aliphatic carbocycles. The minimum Gasteiger partial charge on any atom is -0.479 e. The van der Waals surface area contributed by atoms with Crippen LogP contribution in [0.1, 0.15) is 83.3 Å². The number of amides is 1. The molecule has 2 rings (SSSR count). The molecule has 176 valence electrons. The average Bonchev–Trinajstić information content (AvgIpc) is 2.72. The molecule has 0 aromatic heterocycles. The van der Waals surface area contributed by atoms with E-state index in [0.29, 0.717) is 23.5 Å². The molecule has 1 amide bonds. The lowest BCUT2D eigenvalue weighted by Gasteiger charge is -2.34. The summed E-state index contributed by atoms with van der Waals surface area (Å²) in [6.07, 6.45) is 5.43. The van der Waals surface area contributed by atoms with Crippen molar-refractivity contribution in [1.82, 2.24) is 5.32 Å². The van der Waals surface area contributed by atoms with E-state index in [1.807, 2.05) is 6.07 Å². The van der Waals surface area contributed by atoms with Gasteiger partial charge in [-0.3, -0.25) is 0 Å². The topological polar surface area (TPSA) is 120 Å². The second-order valence-electron chi connectivity index (χ2n) is 9.94. The van der Waals surface area contributed by atoms with Gasteiger partial charge < -0.3 is 20.3 Å². The molecule has 0 unspecified atom stereocenters. The van der Waals surface area contributed by atoms with Crippen molar-refractivity contribution in [1.29, 1.82) is 5.26 Å². The lowest BCUT2D eigenvalue weighted by molar-refractivity contribution is -0.146. The normalized spacial score (nSPS) is 17.6. The average molecular weight is 445 g/mol. The summed E-state index contributed by atoms with van der Waals surface area (Å²) in [5, 5.41) is 32.5. The highest BCUT2D eigenvalue weighted by Gasteiger charge is 2.43. The number of hydrogen-bond donors (Lipinski definition) is 3. The summed E-state index contributed by atoms with van der Waals surface area (Å²) in [7, 11) is 0. The van der Waals surface area contributed by atoms with Crippen LogP contribution in [0.5, 0.6) is 0 Å². The van der Waals surface area contributed by atoms with Crippen molar-refractivity contribution >= 4 is 12.1 Å². The number of aliphatic hydroxyl groups is 1. The maximum absolute atomic E-state index is 12.5. The predicted molar refractivity (Wildman–Crippen MR) is 121 cm³/mol. The van der Waals surface area contributed by atoms with Crippen LogP contribution in [0.25, 0.3) is 0 Å². The minimum atomic E-state index is -1.73. The summed E-state index contributed by atoms with van der Waals surface area (Å²) >= 11 is 0. The van der Waals surface area contributed by atoms with Crippen molar-refractivity contribution in [2.24, 2.45) is 5.92 Å². The Hall–Kier alpha value is -2.59. The van der Waals surface area contributed by atoms with Gasteiger partial charge in [-0.15, -0.1) is 0 Å². The molecule has 0 spiro atoms. The van der Waals surface area contributed by atoms with Crippen molar-refractivity contribution in [2.45, 2.75) is 95.8 Å². The third-order valence-corrected chi connectivity index (χ3v) is 5.96. The van der Waals surface area contributed by atoms with E-state index in [2.05, 4.69) is 5.32 Å². The Balaban J connectivity index is 2.20. The highest BCUT2D eigenvalue weighted by Crippen LogP contribution is 2.30. The van der Waals surface area contributed by atoms with E-state index >= 15 is 0 Å². The number of carboxylic acid groups (broad SMARTS) is 1. The SMILES string of the molecule is CC(C)(C)OC(=O)N[C@](Cc1ccc(C#N)cc1)(C[C@@H](O)CCC1CCCCC1)C(=O)O. The number of aliphatic hydroxyl groups excluding tert-OH is 1. The van der Waals surface area contributed by atoms with Gasteiger partial charge in [0.2, 0.25) is 0 Å². The number of alkyl carbamates (subject to hydrolysis) is 1. The Kier molecular flexibility index (Phi) is 9.09. The van der Waals surface area contributed by atoms with E-state index in [4.69, 9.17) is 10.00 Å². The number of carbonyl (C=O) groups is 2. The number of hydrogen-bond acceptors (Lipinski definition) is 5. The van der Waals surface area contributed by atoms with E-state index in [0.717, 1.165) is 19.3 Å². The van der Waals surface area contributed by atoms with Gasteiger partial charge in [0.25, 0.3) is 0 Å². The van der Waals surface area contributed by atoms with Gasteiger partial charge in [0.1, 0.15) is 11.1 Å². The molecule has 7 nitrogen and oxygen atoms in total. The summed E-state index contributed by atoms with van der Waals surface area (Å²) in [5.41, 5.74) is -1.42. The van der Waals surface area contributed by atoms with E-state index in [1.54, 1.807) is 45.0 Å². The van der Waals surface area contributed by atoms with Crippen LogP contribution in [-0.4, -0.2) is 39.5 Å². The standard InChI is InChI=1S/C25H36N2O5/c1-24(2,3)32-23(31)27-25(22(29)30,15-19-9-11-20(17-26)12-10-19)16-21(28)14-13-18-7-5-4-6-8-18/h9-12,18,21,28H,4-8,13-16H2,1-3H3,(H,27,31)(H,29,30)/t21-,25+/m0/s1. The number of carboxylic acids is 1. The van der Waals surface area contributed by atoms with E-state index in [-0.39, 0.29) is 12.8 Å². The monoisotopic (exact) mass is 444 g/mol. The fourth-order valence-electron chi connectivity index (χ4n) is 4.34. The Morgan fingerprint density at radius 3 is 2.34 bits per heavy atom. The zero-order valence-corrected chi connectivity index (χ0v) is 19.4. The quantitative estimate of drug-likeness (QED) is 0.514. The zero-order valence-electron chi connectivity index (χ0n) is 19.4. The molecule has 0 heterocycles. The number of carbonyl (C=O) groups excluding carboxylic acids is 1. The van der Waals surface area contributed by atoms with Gasteiger partial charge >= 0.3 is 12.1 Å². The van der Waals surface area contributed by atoms with Crippen molar-refractivity contribution < 1.29 is 24.5 Å². The second-order valence-corrected chi connectivity index (χ2v) is 9.94. The van der Waals surface area contributed by atoms with E-state index in [9.17, 15) is 19.8 Å². The summed E-state index contributed by atoms with van der Waals surface area (Å²) in [6.45, 7) is 5.11. The molecule has 0 saturated heterocycles. The fourth-order valence-corrected chi connectivity index (χ4v) is 4.34. The smallest absolute Gasteiger partial charge is 0.408 e. The van der Waals surface area contributed by atoms with E-state index < -0.39 is 29.3 Å². The summed E-state index contributed by atoms with van der Waals surface area (Å²) < 4.78 is 5.32. The third-order valence-electron chi connectivity index (χ3n) is 5.96. The van der Waals surface area contributed by atoms with Crippen LogP contribution in [0.3, 0.4) is 0 Å². The number of nitrogens with one attached hydrogen (secondary N) is 1. The first-order valence-electron chi connectivity index (χ1n) is 11.4. The van der Waals surface area contributed by atoms with Gasteiger partial charge in [-0.05, 0) is 57.2 Å². The minimum absolute atomic E-state index is 0.0340. The Labute approximate surface area is 190 Å². The number of benzene rings is 1. The van der Waals surface area contributed by atoms with Gasteiger partial charge in [0, 0.05) is 12.8 Å². The molecule has 1 saturated carbocycles. The number of ether oxygens (including phenoxy) is 1. The fraction of sp³-hybridized carbons (Fsp3) is 0.640. The predicted octanol–water partition coefficient (Wildman–Crippen LogP) is 4.56. The van der Waals surface area contributed by atoms with Crippen molar-refractivity contribution in [3.8, 4) is 6.07 Å². The van der Waals surface area contributed by atoms with Gasteiger partial charge in [-0.25, -0.2) is 9.59 Å². The summed E-state index contributed by atoms with van der Waals surface area (Å²) in [5.74, 6) is -0.667. The number of rotatable bonds is 9. The molecule has 3 N–H and O–H groups in total. The van der Waals surface area contributed by atoms with Crippen molar-refractivity contribution in [3.63, 3.8) is 0 Å².